The van der Waals surface area contributed by atoms with Gasteiger partial charge < -0.3 is 14.6 Å². The van der Waals surface area contributed by atoms with E-state index in [1.807, 2.05) is 30.3 Å². The maximum Gasteiger partial charge on any atom is 0.119 e. The van der Waals surface area contributed by atoms with E-state index in [2.05, 4.69) is 0 Å². The Morgan fingerprint density at radius 3 is 2.40 bits per heavy atom. The first-order chi connectivity index (χ1) is 7.43. The molecule has 3 heteroatoms. The standard InChI is InChI=1S/C12H18O3/c13-8-4-9-14-10-5-11-15-12-6-2-1-3-7-12/h1-3,6-7,13H,4-5,8-11H2. The molecule has 0 unspecified atom stereocenters. The summed E-state index contributed by atoms with van der Waals surface area (Å²) in [7, 11) is 0. The first-order valence-electron chi connectivity index (χ1n) is 5.30. The van der Waals surface area contributed by atoms with Gasteiger partial charge in [-0.15, -0.1) is 0 Å². The molecule has 1 N–H and O–H groups in total. The van der Waals surface area contributed by atoms with Crippen molar-refractivity contribution in [3.63, 3.8) is 0 Å². The molecule has 0 saturated carbocycles. The third-order valence-electron chi connectivity index (χ3n) is 1.89. The third kappa shape index (κ3) is 6.10. The van der Waals surface area contributed by atoms with E-state index in [1.165, 1.54) is 0 Å². The highest BCUT2D eigenvalue weighted by Crippen LogP contribution is 2.08. The van der Waals surface area contributed by atoms with Gasteiger partial charge in [0, 0.05) is 26.2 Å². The SMILES string of the molecule is OCCCOCCCOc1ccccc1. The molecule has 0 heterocycles. The first kappa shape index (κ1) is 12.0. The molecule has 0 amide bonds. The number of aliphatic hydroxyl groups is 1. The summed E-state index contributed by atoms with van der Waals surface area (Å²) in [6.07, 6.45) is 1.58. The van der Waals surface area contributed by atoms with Crippen molar-refractivity contribution in [3.05, 3.63) is 30.3 Å². The Balaban J connectivity index is 1.93. The van der Waals surface area contributed by atoms with E-state index < -0.39 is 0 Å². The van der Waals surface area contributed by atoms with Gasteiger partial charge in [0.25, 0.3) is 0 Å². The van der Waals surface area contributed by atoms with E-state index in [9.17, 15) is 0 Å². The summed E-state index contributed by atoms with van der Waals surface area (Å²) in [6.45, 7) is 2.18. The average molecular weight is 210 g/mol. The Morgan fingerprint density at radius 1 is 0.933 bits per heavy atom. The van der Waals surface area contributed by atoms with Crippen LogP contribution in [0, 0.1) is 0 Å². The molecule has 0 bridgehead atoms. The fourth-order valence-electron chi connectivity index (χ4n) is 1.14. The lowest BCUT2D eigenvalue weighted by Crippen LogP contribution is -2.04. The summed E-state index contributed by atoms with van der Waals surface area (Å²) in [5.41, 5.74) is 0. The molecule has 1 aromatic rings. The van der Waals surface area contributed by atoms with Crippen molar-refractivity contribution in [2.75, 3.05) is 26.4 Å². The fraction of sp³-hybridized carbons (Fsp3) is 0.500. The summed E-state index contributed by atoms with van der Waals surface area (Å²) in [4.78, 5) is 0. The number of benzene rings is 1. The van der Waals surface area contributed by atoms with Gasteiger partial charge in [0.2, 0.25) is 0 Å². The number of ether oxygens (including phenoxy) is 2. The second kappa shape index (κ2) is 8.26. The Kier molecular flexibility index (Phi) is 6.62. The largest absolute Gasteiger partial charge is 0.494 e. The van der Waals surface area contributed by atoms with Gasteiger partial charge in [-0.2, -0.15) is 0 Å². The lowest BCUT2D eigenvalue weighted by atomic mass is 10.3. The topological polar surface area (TPSA) is 38.7 Å². The van der Waals surface area contributed by atoms with Gasteiger partial charge in [-0.25, -0.2) is 0 Å². The molecule has 0 aliphatic heterocycles. The maximum absolute atomic E-state index is 8.51. The molecule has 0 spiro atoms. The highest BCUT2D eigenvalue weighted by molar-refractivity contribution is 5.20. The van der Waals surface area contributed by atoms with E-state index in [0.717, 1.165) is 12.2 Å². The van der Waals surface area contributed by atoms with Crippen molar-refractivity contribution >= 4 is 0 Å². The van der Waals surface area contributed by atoms with Crippen LogP contribution in [-0.4, -0.2) is 31.5 Å². The summed E-state index contributed by atoms with van der Waals surface area (Å²) in [5.74, 6) is 0.896. The van der Waals surface area contributed by atoms with Gasteiger partial charge >= 0.3 is 0 Å². The first-order valence-corrected chi connectivity index (χ1v) is 5.30. The smallest absolute Gasteiger partial charge is 0.119 e. The van der Waals surface area contributed by atoms with Crippen LogP contribution in [0.15, 0.2) is 30.3 Å². The van der Waals surface area contributed by atoms with Crippen molar-refractivity contribution in [3.8, 4) is 5.75 Å². The molecular weight excluding hydrogens is 192 g/mol. The van der Waals surface area contributed by atoms with E-state index in [0.29, 0.717) is 26.2 Å². The minimum absolute atomic E-state index is 0.195. The number of aliphatic hydroxyl groups excluding tert-OH is 1. The fourth-order valence-corrected chi connectivity index (χ4v) is 1.14. The molecule has 1 rings (SSSR count). The van der Waals surface area contributed by atoms with Crippen LogP contribution >= 0.6 is 0 Å². The molecule has 84 valence electrons. The highest BCUT2D eigenvalue weighted by Gasteiger charge is 1.92. The van der Waals surface area contributed by atoms with E-state index in [4.69, 9.17) is 14.6 Å². The Morgan fingerprint density at radius 2 is 1.67 bits per heavy atom. The second-order valence-corrected chi connectivity index (χ2v) is 3.20. The summed E-state index contributed by atoms with van der Waals surface area (Å²) < 4.78 is 10.8. The van der Waals surface area contributed by atoms with Crippen molar-refractivity contribution < 1.29 is 14.6 Å². The molecule has 0 fully saturated rings. The lowest BCUT2D eigenvalue weighted by Gasteiger charge is -2.06. The number of rotatable bonds is 8. The summed E-state index contributed by atoms with van der Waals surface area (Å²) in [6, 6.07) is 9.74. The van der Waals surface area contributed by atoms with Gasteiger partial charge in [-0.05, 0) is 18.6 Å². The van der Waals surface area contributed by atoms with E-state index >= 15 is 0 Å². The van der Waals surface area contributed by atoms with E-state index in [-0.39, 0.29) is 6.61 Å². The number of hydrogen-bond donors (Lipinski definition) is 1. The Labute approximate surface area is 90.6 Å². The van der Waals surface area contributed by atoms with Crippen LogP contribution in [0.25, 0.3) is 0 Å². The van der Waals surface area contributed by atoms with Gasteiger partial charge in [0.05, 0.1) is 6.61 Å². The highest BCUT2D eigenvalue weighted by atomic mass is 16.5. The average Bonchev–Trinajstić information content (AvgIpc) is 2.29. The molecule has 0 aliphatic rings. The van der Waals surface area contributed by atoms with Crippen molar-refractivity contribution in [2.45, 2.75) is 12.8 Å². The predicted octanol–water partition coefficient (Wildman–Crippen LogP) is 1.85. The quantitative estimate of drug-likeness (QED) is 0.665. The third-order valence-corrected chi connectivity index (χ3v) is 1.89. The molecule has 0 radical (unpaired) electrons. The molecule has 0 aliphatic carbocycles. The normalized spacial score (nSPS) is 10.2. The minimum atomic E-state index is 0.195. The molecule has 0 saturated heterocycles. The summed E-state index contributed by atoms with van der Waals surface area (Å²) in [5, 5.41) is 8.51. The van der Waals surface area contributed by atoms with Crippen molar-refractivity contribution in [1.29, 1.82) is 0 Å². The lowest BCUT2D eigenvalue weighted by molar-refractivity contribution is 0.104. The van der Waals surface area contributed by atoms with E-state index in [1.54, 1.807) is 0 Å². The molecule has 0 aromatic heterocycles. The zero-order valence-corrected chi connectivity index (χ0v) is 8.89. The van der Waals surface area contributed by atoms with Crippen LogP contribution in [0.3, 0.4) is 0 Å². The van der Waals surface area contributed by atoms with Gasteiger partial charge in [-0.3, -0.25) is 0 Å². The predicted molar refractivity (Wildman–Crippen MR) is 59.1 cm³/mol. The number of hydrogen-bond acceptors (Lipinski definition) is 3. The second-order valence-electron chi connectivity index (χ2n) is 3.20. The van der Waals surface area contributed by atoms with Crippen LogP contribution in [-0.2, 0) is 4.74 Å². The Hall–Kier alpha value is -1.06. The van der Waals surface area contributed by atoms with Crippen molar-refractivity contribution in [1.82, 2.24) is 0 Å². The molecular formula is C12H18O3. The van der Waals surface area contributed by atoms with Crippen molar-refractivity contribution in [2.24, 2.45) is 0 Å². The van der Waals surface area contributed by atoms with Gasteiger partial charge in [0.15, 0.2) is 0 Å². The summed E-state index contributed by atoms with van der Waals surface area (Å²) >= 11 is 0. The molecule has 3 nitrogen and oxygen atoms in total. The monoisotopic (exact) mass is 210 g/mol. The van der Waals surface area contributed by atoms with Gasteiger partial charge in [-0.1, -0.05) is 18.2 Å². The molecule has 0 atom stereocenters. The van der Waals surface area contributed by atoms with Crippen LogP contribution < -0.4 is 4.74 Å². The minimum Gasteiger partial charge on any atom is -0.494 e. The zero-order chi connectivity index (χ0) is 10.8. The molecule has 1 aromatic carbocycles. The van der Waals surface area contributed by atoms with Crippen LogP contribution in [0.5, 0.6) is 5.75 Å². The van der Waals surface area contributed by atoms with Crippen LogP contribution in [0.2, 0.25) is 0 Å². The van der Waals surface area contributed by atoms with Crippen LogP contribution in [0.4, 0.5) is 0 Å². The zero-order valence-electron chi connectivity index (χ0n) is 8.89. The number of para-hydroxylation sites is 1. The molecule has 15 heavy (non-hydrogen) atoms. The maximum atomic E-state index is 8.51. The van der Waals surface area contributed by atoms with Crippen LogP contribution in [0.1, 0.15) is 12.8 Å². The van der Waals surface area contributed by atoms with Gasteiger partial charge in [0.1, 0.15) is 5.75 Å². The Bertz CT molecular complexity index is 236.